The lowest BCUT2D eigenvalue weighted by Crippen LogP contribution is -2.14. The van der Waals surface area contributed by atoms with Crippen LogP contribution in [-0.4, -0.2) is 33.5 Å². The molecule has 0 aliphatic rings. The van der Waals surface area contributed by atoms with Gasteiger partial charge in [-0.25, -0.2) is 9.13 Å². The van der Waals surface area contributed by atoms with E-state index in [9.17, 15) is 18.2 Å². The minimum Gasteiger partial charge on any atom is -0.597 e. The molecule has 0 aromatic rings. The molecule has 0 aromatic carbocycles. The van der Waals surface area contributed by atoms with Crippen molar-refractivity contribution in [2.24, 2.45) is 0 Å². The van der Waals surface area contributed by atoms with Gasteiger partial charge in [0.25, 0.3) is 0 Å². The van der Waals surface area contributed by atoms with Crippen LogP contribution in [0.1, 0.15) is 55.4 Å². The molecule has 0 radical (unpaired) electrons. The lowest BCUT2D eigenvalue weighted by atomic mass is 10.5. The summed E-state index contributed by atoms with van der Waals surface area (Å²) in [6.07, 6.45) is -1.95. The van der Waals surface area contributed by atoms with Crippen LogP contribution in [0.2, 0.25) is 0 Å². The monoisotopic (exact) mass is 490 g/mol. The molecule has 0 spiro atoms. The quantitative estimate of drug-likeness (QED) is 0.183. The molecule has 0 aromatic heterocycles. The van der Waals surface area contributed by atoms with E-state index in [1.165, 1.54) is 0 Å². The third kappa shape index (κ3) is 10.4. The molecule has 14 heteroatoms. The molecule has 2 atom stereocenters. The van der Waals surface area contributed by atoms with Gasteiger partial charge in [-0.2, -0.15) is 0 Å². The highest BCUT2D eigenvalue weighted by Gasteiger charge is 2.50. The molecule has 0 saturated carbocycles. The summed E-state index contributed by atoms with van der Waals surface area (Å²) in [5, 5.41) is 0. The molecule has 26 heavy (non-hydrogen) atoms. The first-order chi connectivity index (χ1) is 11.7. The van der Waals surface area contributed by atoms with Gasteiger partial charge in [-0.3, -0.25) is 18.1 Å². The smallest absolute Gasteiger partial charge is 0.553 e. The molecule has 0 fully saturated rings. The summed E-state index contributed by atoms with van der Waals surface area (Å²) in [4.78, 5) is 0. The van der Waals surface area contributed by atoms with Gasteiger partial charge in [0, 0.05) is 0 Å². The molecule has 8 nitrogen and oxygen atoms in total. The van der Waals surface area contributed by atoms with E-state index in [2.05, 4.69) is 0 Å². The average molecular weight is 491 g/mol. The maximum Gasteiger partial charge on any atom is 0.553 e. The Balaban J connectivity index is 5.13. The average Bonchev–Trinajstić information content (AvgIpc) is 2.40. The Morgan fingerprint density at radius 2 is 0.808 bits per heavy atom. The Hall–Kier alpha value is 1.62. The van der Waals surface area contributed by atoms with E-state index in [1.54, 1.807) is 55.4 Å². The Kier molecular flexibility index (Phi) is 13.1. The van der Waals surface area contributed by atoms with Crippen molar-refractivity contribution in [3.63, 3.8) is 0 Å². The maximum absolute atomic E-state index is 12.7. The normalized spacial score (nSPS) is 16.1. The summed E-state index contributed by atoms with van der Waals surface area (Å²) in [6, 6.07) is 0. The predicted octanol–water partition coefficient (Wildman–Crippen LogP) is 5.61. The van der Waals surface area contributed by atoms with Crippen molar-refractivity contribution in [1.82, 2.24) is 0 Å². The third-order valence-corrected chi connectivity index (χ3v) is 20.4. The van der Waals surface area contributed by atoms with Crippen molar-refractivity contribution in [2.45, 2.75) is 79.8 Å². The van der Waals surface area contributed by atoms with E-state index < -0.39 is 57.7 Å². The Labute approximate surface area is 168 Å². The summed E-state index contributed by atoms with van der Waals surface area (Å²) in [6.45, 7) is 5.08. The van der Waals surface area contributed by atoms with E-state index >= 15 is 0 Å². The first-order valence-corrected chi connectivity index (χ1v) is 17.6. The van der Waals surface area contributed by atoms with Gasteiger partial charge in [-0.1, -0.05) is 0 Å². The number of hydrogen-bond donors (Lipinski definition) is 0. The molecule has 0 bridgehead atoms. The third-order valence-electron chi connectivity index (χ3n) is 1.87. The first-order valence-electron chi connectivity index (χ1n) is 7.86. The van der Waals surface area contributed by atoms with Gasteiger partial charge >= 0.3 is 13.6 Å². The first kappa shape index (κ1) is 27.6. The molecule has 0 N–H and O–H groups in total. The molecule has 0 aliphatic carbocycles. The fourth-order valence-corrected chi connectivity index (χ4v) is 21.8. The Morgan fingerprint density at radius 1 is 0.615 bits per heavy atom. The summed E-state index contributed by atoms with van der Waals surface area (Å²) >= 11 is 0. The van der Waals surface area contributed by atoms with E-state index in [0.717, 1.165) is 0 Å². The van der Waals surface area contributed by atoms with Crippen molar-refractivity contribution >= 4 is 52.9 Å². The van der Waals surface area contributed by atoms with Crippen LogP contribution in [0.25, 0.3) is 0 Å². The SMILES string of the molecule is CC(C)OP(=O)(OC(C)C)[S+]([O-])SS[S+]([O-])P(=O)(OC(C)C)OC(C)C. The predicted molar refractivity (Wildman–Crippen MR) is 112 cm³/mol. The van der Waals surface area contributed by atoms with E-state index in [1.807, 2.05) is 0 Å². The van der Waals surface area contributed by atoms with Gasteiger partial charge < -0.3 is 9.11 Å². The molecule has 158 valence electrons. The second kappa shape index (κ2) is 12.3. The minimum atomic E-state index is -3.98. The van der Waals surface area contributed by atoms with Crippen LogP contribution < -0.4 is 0 Å². The largest absolute Gasteiger partial charge is 0.597 e. The van der Waals surface area contributed by atoms with Gasteiger partial charge in [0.1, 0.15) is 19.7 Å². The fraction of sp³-hybridized carbons (Fsp3) is 1.00. The fourth-order valence-electron chi connectivity index (χ4n) is 1.35. The standard InChI is InChI=1S/C12H28O8P2S4/c1-9(2)17-21(13,18-10(3)4)25(15)23-24-26(16)22(14,19-11(5)6)20-12(7)8/h9-12H,1-8H3. The number of hydrogen-bond acceptors (Lipinski definition) is 10. The van der Waals surface area contributed by atoms with Crippen LogP contribution in [0.4, 0.5) is 0 Å². The lowest BCUT2D eigenvalue weighted by molar-refractivity contribution is 0.153. The molecule has 2 unspecified atom stereocenters. The Bertz CT molecular complexity index is 434. The molecule has 0 heterocycles. The van der Waals surface area contributed by atoms with E-state index in [0.29, 0.717) is 19.7 Å². The highest BCUT2D eigenvalue weighted by Crippen LogP contribution is 2.68. The zero-order chi connectivity index (χ0) is 20.7. The van der Waals surface area contributed by atoms with Gasteiger partial charge in [0.2, 0.25) is 19.7 Å². The molecule has 0 rings (SSSR count). The number of rotatable bonds is 13. The van der Waals surface area contributed by atoms with Crippen molar-refractivity contribution < 1.29 is 36.3 Å². The van der Waals surface area contributed by atoms with Gasteiger partial charge in [0.15, 0.2) is 0 Å². The van der Waals surface area contributed by atoms with Crippen LogP contribution in [0.3, 0.4) is 0 Å². The maximum atomic E-state index is 12.7. The van der Waals surface area contributed by atoms with Gasteiger partial charge in [-0.15, -0.1) is 0 Å². The molecule has 0 saturated heterocycles. The van der Waals surface area contributed by atoms with Gasteiger partial charge in [0.05, 0.1) is 24.4 Å². The molecule has 0 amide bonds. The van der Waals surface area contributed by atoms with E-state index in [-0.39, 0.29) is 0 Å². The van der Waals surface area contributed by atoms with Crippen molar-refractivity contribution in [3.8, 4) is 0 Å². The summed E-state index contributed by atoms with van der Waals surface area (Å²) < 4.78 is 71.3. The lowest BCUT2D eigenvalue weighted by Gasteiger charge is -2.23. The van der Waals surface area contributed by atoms with E-state index in [4.69, 9.17) is 18.1 Å². The molecule has 0 aliphatic heterocycles. The van der Waals surface area contributed by atoms with Crippen molar-refractivity contribution in [1.29, 1.82) is 0 Å². The zero-order valence-electron chi connectivity index (χ0n) is 16.1. The minimum absolute atomic E-state index is 0.487. The second-order valence-corrected chi connectivity index (χ2v) is 21.1. The van der Waals surface area contributed by atoms with Crippen LogP contribution in [0, 0.1) is 0 Å². The van der Waals surface area contributed by atoms with Crippen LogP contribution in [0.15, 0.2) is 0 Å². The summed E-state index contributed by atoms with van der Waals surface area (Å²) in [5.41, 5.74) is 0. The van der Waals surface area contributed by atoms with Crippen molar-refractivity contribution in [2.75, 3.05) is 0 Å². The molecular weight excluding hydrogens is 462 g/mol. The summed E-state index contributed by atoms with van der Waals surface area (Å²) in [7, 11) is -3.36. The van der Waals surface area contributed by atoms with Gasteiger partial charge in [-0.05, 0) is 55.4 Å². The highest BCUT2D eigenvalue weighted by molar-refractivity contribution is 9.33. The topological polar surface area (TPSA) is 117 Å². The summed E-state index contributed by atoms with van der Waals surface area (Å²) in [5.74, 6) is 0. The van der Waals surface area contributed by atoms with Crippen LogP contribution in [-0.2, 0) is 46.9 Å². The molecular formula is C12H28O8P2S4. The van der Waals surface area contributed by atoms with Crippen molar-refractivity contribution in [3.05, 3.63) is 0 Å². The second-order valence-electron chi connectivity index (χ2n) is 6.08. The highest BCUT2D eigenvalue weighted by atomic mass is 33.8. The zero-order valence-corrected chi connectivity index (χ0v) is 21.2. The Morgan fingerprint density at radius 3 is 0.962 bits per heavy atom. The van der Waals surface area contributed by atoms with Crippen LogP contribution in [0.5, 0.6) is 0 Å². The van der Waals surface area contributed by atoms with Crippen LogP contribution >= 0.6 is 33.2 Å².